The molecule has 0 spiro atoms. The van der Waals surface area contributed by atoms with E-state index in [1.165, 1.54) is 160 Å². The van der Waals surface area contributed by atoms with Crippen LogP contribution in [0.3, 0.4) is 0 Å². The van der Waals surface area contributed by atoms with E-state index in [0.717, 1.165) is 32.1 Å². The lowest BCUT2D eigenvalue weighted by Gasteiger charge is -2.14. The van der Waals surface area contributed by atoms with Crippen LogP contribution in [0, 0.1) is 0 Å². The lowest BCUT2D eigenvalue weighted by Crippen LogP contribution is -2.27. The van der Waals surface area contributed by atoms with Gasteiger partial charge in [0.1, 0.15) is 6.61 Å². The minimum absolute atomic E-state index is 0.0908. The number of carbonyl (C=O) groups is 2. The van der Waals surface area contributed by atoms with Gasteiger partial charge in [0, 0.05) is 12.5 Å². The number of aliphatic hydroxyl groups is 1. The second-order valence-electron chi connectivity index (χ2n) is 13.1. The average molecular weight is 623 g/mol. The maximum absolute atomic E-state index is 12.1. The molecule has 44 heavy (non-hydrogen) atoms. The summed E-state index contributed by atoms with van der Waals surface area (Å²) in [5.41, 5.74) is 0. The van der Waals surface area contributed by atoms with E-state index in [-0.39, 0.29) is 19.2 Å². The molecule has 0 aromatic rings. The number of allylic oxidation sites excluding steroid dienone is 1. The van der Waals surface area contributed by atoms with Gasteiger partial charge >= 0.3 is 11.9 Å². The smallest absolute Gasteiger partial charge is 0.330 e. The van der Waals surface area contributed by atoms with Gasteiger partial charge in [-0.05, 0) is 19.3 Å². The van der Waals surface area contributed by atoms with Crippen molar-refractivity contribution in [3.05, 3.63) is 12.2 Å². The first-order valence-corrected chi connectivity index (χ1v) is 19.3. The minimum Gasteiger partial charge on any atom is -0.462 e. The molecule has 0 saturated heterocycles. The average Bonchev–Trinajstić information content (AvgIpc) is 3.02. The van der Waals surface area contributed by atoms with Crippen LogP contribution in [-0.4, -0.2) is 36.4 Å². The molecule has 0 rings (SSSR count). The molecule has 0 aromatic heterocycles. The van der Waals surface area contributed by atoms with Crippen LogP contribution in [0.1, 0.15) is 206 Å². The Hall–Kier alpha value is -1.36. The summed E-state index contributed by atoms with van der Waals surface area (Å²) in [5, 5.41) is 9.52. The highest BCUT2D eigenvalue weighted by molar-refractivity contribution is 5.82. The van der Waals surface area contributed by atoms with E-state index < -0.39 is 12.1 Å². The van der Waals surface area contributed by atoms with Crippen molar-refractivity contribution in [3.8, 4) is 0 Å². The summed E-state index contributed by atoms with van der Waals surface area (Å²) >= 11 is 0. The Morgan fingerprint density at radius 3 is 1.30 bits per heavy atom. The number of carbonyl (C=O) groups excluding carboxylic acids is 2. The minimum atomic E-state index is -0.812. The van der Waals surface area contributed by atoms with Gasteiger partial charge in [0.2, 0.25) is 0 Å². The molecule has 260 valence electrons. The maximum Gasteiger partial charge on any atom is 0.330 e. The van der Waals surface area contributed by atoms with Gasteiger partial charge in [0.15, 0.2) is 6.10 Å². The lowest BCUT2D eigenvalue weighted by molar-refractivity contribution is -0.157. The largest absolute Gasteiger partial charge is 0.462 e. The summed E-state index contributed by atoms with van der Waals surface area (Å²) in [6.45, 7) is 4.09. The number of rotatable bonds is 35. The molecular formula is C39H74O5. The van der Waals surface area contributed by atoms with Gasteiger partial charge in [-0.3, -0.25) is 4.79 Å². The fourth-order valence-electron chi connectivity index (χ4n) is 5.69. The molecule has 0 aliphatic heterocycles. The van der Waals surface area contributed by atoms with Gasteiger partial charge in [-0.2, -0.15) is 0 Å². The fraction of sp³-hybridized carbons (Fsp3) is 0.897. The van der Waals surface area contributed by atoms with Crippen molar-refractivity contribution in [1.82, 2.24) is 0 Å². The Morgan fingerprint density at radius 1 is 0.545 bits per heavy atom. The standard InChI is InChI=1S/C39H74O5/c1-3-5-7-9-11-13-15-17-19-21-23-25-27-29-31-33-38(41)43-36-37(35-40)44-39(42)34-32-30-28-26-24-22-20-18-16-14-12-10-8-6-4-2/h32,34,37,40H,3-31,33,35-36H2,1-2H3. The van der Waals surface area contributed by atoms with Crippen molar-refractivity contribution in [3.63, 3.8) is 0 Å². The molecule has 0 aliphatic rings. The Bertz CT molecular complexity index is 632. The molecule has 1 unspecified atom stereocenters. The zero-order chi connectivity index (χ0) is 32.2. The SMILES string of the molecule is CCCCCCCCCCCCCCCC=CC(=O)OC(CO)COC(=O)CCCCCCCCCCCCCCCCC. The molecule has 0 amide bonds. The van der Waals surface area contributed by atoms with E-state index in [9.17, 15) is 14.7 Å². The summed E-state index contributed by atoms with van der Waals surface area (Å²) in [6.07, 6.45) is 40.2. The van der Waals surface area contributed by atoms with Crippen molar-refractivity contribution in [2.24, 2.45) is 0 Å². The van der Waals surface area contributed by atoms with Crippen LogP contribution < -0.4 is 0 Å². The summed E-state index contributed by atoms with van der Waals surface area (Å²) < 4.78 is 10.5. The van der Waals surface area contributed by atoms with Crippen LogP contribution in [-0.2, 0) is 19.1 Å². The number of hydrogen-bond acceptors (Lipinski definition) is 5. The van der Waals surface area contributed by atoms with Crippen molar-refractivity contribution >= 4 is 11.9 Å². The summed E-state index contributed by atoms with van der Waals surface area (Å²) in [6, 6.07) is 0. The van der Waals surface area contributed by atoms with Crippen LogP contribution in [0.25, 0.3) is 0 Å². The van der Waals surface area contributed by atoms with Gasteiger partial charge in [-0.15, -0.1) is 0 Å². The second-order valence-corrected chi connectivity index (χ2v) is 13.1. The van der Waals surface area contributed by atoms with Crippen molar-refractivity contribution < 1.29 is 24.2 Å². The third kappa shape index (κ3) is 33.5. The van der Waals surface area contributed by atoms with Gasteiger partial charge in [-0.1, -0.05) is 187 Å². The van der Waals surface area contributed by atoms with Crippen LogP contribution in [0.2, 0.25) is 0 Å². The number of hydrogen-bond donors (Lipinski definition) is 1. The molecule has 0 fully saturated rings. The molecular weight excluding hydrogens is 548 g/mol. The molecule has 0 heterocycles. The van der Waals surface area contributed by atoms with E-state index in [2.05, 4.69) is 13.8 Å². The van der Waals surface area contributed by atoms with Crippen LogP contribution in [0.5, 0.6) is 0 Å². The summed E-state index contributed by atoms with van der Waals surface area (Å²) in [4.78, 5) is 24.1. The molecule has 1 atom stereocenters. The quantitative estimate of drug-likeness (QED) is 0.0432. The van der Waals surface area contributed by atoms with Crippen molar-refractivity contribution in [1.29, 1.82) is 0 Å². The first-order valence-electron chi connectivity index (χ1n) is 19.3. The normalized spacial score (nSPS) is 12.2. The highest BCUT2D eigenvalue weighted by atomic mass is 16.6. The van der Waals surface area contributed by atoms with Gasteiger partial charge in [0.25, 0.3) is 0 Å². The molecule has 0 saturated carbocycles. The highest BCUT2D eigenvalue weighted by Gasteiger charge is 2.14. The number of ether oxygens (including phenoxy) is 2. The van der Waals surface area contributed by atoms with E-state index >= 15 is 0 Å². The van der Waals surface area contributed by atoms with Gasteiger partial charge < -0.3 is 14.6 Å². The first-order chi connectivity index (χ1) is 21.6. The van der Waals surface area contributed by atoms with Crippen LogP contribution in [0.4, 0.5) is 0 Å². The molecule has 5 nitrogen and oxygen atoms in total. The van der Waals surface area contributed by atoms with E-state index in [4.69, 9.17) is 9.47 Å². The fourth-order valence-corrected chi connectivity index (χ4v) is 5.69. The molecule has 0 radical (unpaired) electrons. The topological polar surface area (TPSA) is 72.8 Å². The summed E-state index contributed by atoms with van der Waals surface area (Å²) in [7, 11) is 0. The van der Waals surface area contributed by atoms with Crippen molar-refractivity contribution in [2.75, 3.05) is 13.2 Å². The Kier molecular flexibility index (Phi) is 35.0. The van der Waals surface area contributed by atoms with Crippen LogP contribution in [0.15, 0.2) is 12.2 Å². The molecule has 0 aromatic carbocycles. The lowest BCUT2D eigenvalue weighted by atomic mass is 10.0. The Morgan fingerprint density at radius 2 is 0.909 bits per heavy atom. The van der Waals surface area contributed by atoms with Crippen LogP contribution >= 0.6 is 0 Å². The Labute approximate surface area is 273 Å². The molecule has 5 heteroatoms. The van der Waals surface area contributed by atoms with Gasteiger partial charge in [-0.25, -0.2) is 4.79 Å². The first kappa shape index (κ1) is 42.6. The highest BCUT2D eigenvalue weighted by Crippen LogP contribution is 2.15. The number of aliphatic hydroxyl groups excluding tert-OH is 1. The molecule has 1 N–H and O–H groups in total. The molecule has 0 bridgehead atoms. The van der Waals surface area contributed by atoms with E-state index in [0.29, 0.717) is 6.42 Å². The van der Waals surface area contributed by atoms with Crippen molar-refractivity contribution in [2.45, 2.75) is 213 Å². The monoisotopic (exact) mass is 623 g/mol. The number of esters is 2. The molecule has 0 aliphatic carbocycles. The predicted octanol–water partition coefficient (Wildman–Crippen LogP) is 11.7. The Balaban J connectivity index is 3.56. The number of unbranched alkanes of at least 4 members (excludes halogenated alkanes) is 27. The predicted molar refractivity (Wildman–Crippen MR) is 187 cm³/mol. The zero-order valence-electron chi connectivity index (χ0n) is 29.4. The van der Waals surface area contributed by atoms with Gasteiger partial charge in [0.05, 0.1) is 6.61 Å². The third-order valence-corrected chi connectivity index (χ3v) is 8.63. The second kappa shape index (κ2) is 36.1. The van der Waals surface area contributed by atoms with E-state index in [1.807, 2.05) is 6.08 Å². The zero-order valence-corrected chi connectivity index (χ0v) is 29.4. The summed E-state index contributed by atoms with van der Waals surface area (Å²) in [5.74, 6) is -0.774. The maximum atomic E-state index is 12.1. The third-order valence-electron chi connectivity index (χ3n) is 8.63. The van der Waals surface area contributed by atoms with E-state index in [1.54, 1.807) is 0 Å².